The molecule has 0 amide bonds. The van der Waals surface area contributed by atoms with Crippen LogP contribution >= 0.6 is 0 Å². The SMILES string of the molecule is CCCN(CCC)S(=O)(=O)N1CCC(OCCCN)CC1. The Bertz CT molecular complexity index is 362. The fourth-order valence-corrected chi connectivity index (χ4v) is 4.39. The van der Waals surface area contributed by atoms with E-state index in [4.69, 9.17) is 10.5 Å². The van der Waals surface area contributed by atoms with E-state index in [0.29, 0.717) is 39.3 Å². The van der Waals surface area contributed by atoms with Gasteiger partial charge in [-0.25, -0.2) is 0 Å². The number of nitrogens with two attached hydrogens (primary N) is 1. The molecule has 1 rings (SSSR count). The zero-order chi connectivity index (χ0) is 15.7. The van der Waals surface area contributed by atoms with E-state index in [-0.39, 0.29) is 6.10 Å². The number of hydrogen-bond donors (Lipinski definition) is 1. The Kier molecular flexibility index (Phi) is 8.73. The van der Waals surface area contributed by atoms with Crippen LogP contribution in [0.2, 0.25) is 0 Å². The molecule has 1 fully saturated rings. The highest BCUT2D eigenvalue weighted by Crippen LogP contribution is 2.19. The van der Waals surface area contributed by atoms with Crippen molar-refractivity contribution in [3.63, 3.8) is 0 Å². The van der Waals surface area contributed by atoms with E-state index >= 15 is 0 Å². The van der Waals surface area contributed by atoms with Gasteiger partial charge in [0.1, 0.15) is 0 Å². The van der Waals surface area contributed by atoms with Gasteiger partial charge in [0.25, 0.3) is 10.2 Å². The molecule has 1 saturated heterocycles. The molecule has 0 radical (unpaired) electrons. The van der Waals surface area contributed by atoms with Crippen LogP contribution in [0.1, 0.15) is 46.0 Å². The van der Waals surface area contributed by atoms with Crippen LogP contribution in [-0.4, -0.2) is 62.5 Å². The summed E-state index contributed by atoms with van der Waals surface area (Å²) in [6.45, 7) is 7.64. The molecule has 7 heteroatoms. The maximum Gasteiger partial charge on any atom is 0.281 e. The zero-order valence-corrected chi connectivity index (χ0v) is 14.3. The van der Waals surface area contributed by atoms with Crippen molar-refractivity contribution in [3.05, 3.63) is 0 Å². The van der Waals surface area contributed by atoms with Crippen molar-refractivity contribution in [2.75, 3.05) is 39.3 Å². The van der Waals surface area contributed by atoms with Crippen molar-refractivity contribution >= 4 is 10.2 Å². The second kappa shape index (κ2) is 9.74. The van der Waals surface area contributed by atoms with Crippen molar-refractivity contribution in [2.45, 2.75) is 52.1 Å². The molecule has 0 saturated carbocycles. The van der Waals surface area contributed by atoms with E-state index in [9.17, 15) is 8.42 Å². The number of nitrogens with zero attached hydrogens (tertiary/aromatic N) is 2. The molecule has 0 aromatic carbocycles. The van der Waals surface area contributed by atoms with Crippen molar-refractivity contribution in [2.24, 2.45) is 5.73 Å². The summed E-state index contributed by atoms with van der Waals surface area (Å²) in [4.78, 5) is 0. The summed E-state index contributed by atoms with van der Waals surface area (Å²) in [5, 5.41) is 0. The smallest absolute Gasteiger partial charge is 0.281 e. The number of hydrogen-bond acceptors (Lipinski definition) is 4. The average Bonchev–Trinajstić information content (AvgIpc) is 2.48. The molecule has 0 aromatic heterocycles. The van der Waals surface area contributed by atoms with Crippen LogP contribution < -0.4 is 5.73 Å². The minimum Gasteiger partial charge on any atom is -0.378 e. The summed E-state index contributed by atoms with van der Waals surface area (Å²) in [6.07, 6.45) is 4.27. The highest BCUT2D eigenvalue weighted by molar-refractivity contribution is 7.86. The fourth-order valence-electron chi connectivity index (χ4n) is 2.57. The molecule has 1 heterocycles. The first-order chi connectivity index (χ1) is 10.1. The number of ether oxygens (including phenoxy) is 1. The quantitative estimate of drug-likeness (QED) is 0.613. The lowest BCUT2D eigenvalue weighted by Gasteiger charge is -2.34. The molecule has 6 nitrogen and oxygen atoms in total. The molecule has 0 unspecified atom stereocenters. The highest BCUT2D eigenvalue weighted by atomic mass is 32.2. The topological polar surface area (TPSA) is 75.9 Å². The monoisotopic (exact) mass is 321 g/mol. The Morgan fingerprint density at radius 2 is 1.76 bits per heavy atom. The third kappa shape index (κ3) is 5.83. The first-order valence-corrected chi connectivity index (χ1v) is 9.52. The van der Waals surface area contributed by atoms with Crippen LogP contribution in [0.4, 0.5) is 0 Å². The van der Waals surface area contributed by atoms with Gasteiger partial charge in [-0.3, -0.25) is 0 Å². The first-order valence-electron chi connectivity index (χ1n) is 8.13. The Morgan fingerprint density at radius 3 is 2.24 bits per heavy atom. The maximum absolute atomic E-state index is 12.6. The molecule has 0 aromatic rings. The lowest BCUT2D eigenvalue weighted by Crippen LogP contribution is -2.48. The molecule has 21 heavy (non-hydrogen) atoms. The van der Waals surface area contributed by atoms with E-state index in [1.54, 1.807) is 8.61 Å². The Labute approximate surface area is 129 Å². The van der Waals surface area contributed by atoms with Crippen LogP contribution in [0.3, 0.4) is 0 Å². The molecule has 0 spiro atoms. The van der Waals surface area contributed by atoms with Gasteiger partial charge in [-0.05, 0) is 38.6 Å². The molecule has 0 aliphatic carbocycles. The fraction of sp³-hybridized carbons (Fsp3) is 1.00. The average molecular weight is 321 g/mol. The van der Waals surface area contributed by atoms with E-state index in [1.165, 1.54) is 0 Å². The molecule has 0 bridgehead atoms. The summed E-state index contributed by atoms with van der Waals surface area (Å²) in [6, 6.07) is 0. The molecule has 1 aliphatic rings. The molecular weight excluding hydrogens is 290 g/mol. The Morgan fingerprint density at radius 1 is 1.19 bits per heavy atom. The van der Waals surface area contributed by atoms with Crippen molar-refractivity contribution in [1.82, 2.24) is 8.61 Å². The van der Waals surface area contributed by atoms with E-state index in [2.05, 4.69) is 0 Å². The minimum absolute atomic E-state index is 0.175. The van der Waals surface area contributed by atoms with Gasteiger partial charge in [-0.15, -0.1) is 0 Å². The van der Waals surface area contributed by atoms with Crippen LogP contribution in [0.15, 0.2) is 0 Å². The third-order valence-corrected chi connectivity index (χ3v) is 5.74. The summed E-state index contributed by atoms with van der Waals surface area (Å²) in [7, 11) is -3.31. The van der Waals surface area contributed by atoms with Crippen molar-refractivity contribution < 1.29 is 13.2 Å². The highest BCUT2D eigenvalue weighted by Gasteiger charge is 2.32. The Hall–Kier alpha value is -0.210. The molecule has 0 atom stereocenters. The van der Waals surface area contributed by atoms with Gasteiger partial charge < -0.3 is 10.5 Å². The second-order valence-electron chi connectivity index (χ2n) is 5.52. The van der Waals surface area contributed by atoms with Crippen LogP contribution in [0.5, 0.6) is 0 Å². The largest absolute Gasteiger partial charge is 0.378 e. The maximum atomic E-state index is 12.6. The standard InChI is InChI=1S/C14H31N3O3S/c1-3-9-16(10-4-2)21(18,19)17-11-6-14(7-12-17)20-13-5-8-15/h14H,3-13,15H2,1-2H3. The predicted octanol–water partition coefficient (Wildman–Crippen LogP) is 1.18. The minimum atomic E-state index is -3.31. The second-order valence-corrected chi connectivity index (χ2v) is 7.45. The van der Waals surface area contributed by atoms with E-state index in [1.807, 2.05) is 13.8 Å². The van der Waals surface area contributed by atoms with Crippen molar-refractivity contribution in [3.8, 4) is 0 Å². The van der Waals surface area contributed by atoms with Gasteiger partial charge in [0.2, 0.25) is 0 Å². The predicted molar refractivity (Wildman–Crippen MR) is 85.3 cm³/mol. The summed E-state index contributed by atoms with van der Waals surface area (Å²) >= 11 is 0. The van der Waals surface area contributed by atoms with Crippen LogP contribution in [0, 0.1) is 0 Å². The molecule has 2 N–H and O–H groups in total. The molecule has 126 valence electrons. The van der Waals surface area contributed by atoms with Crippen molar-refractivity contribution in [1.29, 1.82) is 0 Å². The van der Waals surface area contributed by atoms with E-state index < -0.39 is 10.2 Å². The molecular formula is C14H31N3O3S. The third-order valence-electron chi connectivity index (χ3n) is 3.70. The van der Waals surface area contributed by atoms with Gasteiger partial charge in [-0.1, -0.05) is 13.8 Å². The normalized spacial score (nSPS) is 18.5. The van der Waals surface area contributed by atoms with Gasteiger partial charge in [-0.2, -0.15) is 17.0 Å². The lowest BCUT2D eigenvalue weighted by molar-refractivity contribution is 0.0200. The van der Waals surface area contributed by atoms with Gasteiger partial charge in [0, 0.05) is 32.8 Å². The van der Waals surface area contributed by atoms with Crippen LogP contribution in [0.25, 0.3) is 0 Å². The van der Waals surface area contributed by atoms with Gasteiger partial charge in [0.05, 0.1) is 6.10 Å². The summed E-state index contributed by atoms with van der Waals surface area (Å²) < 4.78 is 34.2. The first kappa shape index (κ1) is 18.8. The number of piperidine rings is 1. The summed E-state index contributed by atoms with van der Waals surface area (Å²) in [5.41, 5.74) is 5.44. The van der Waals surface area contributed by atoms with Gasteiger partial charge >= 0.3 is 0 Å². The lowest BCUT2D eigenvalue weighted by atomic mass is 10.1. The van der Waals surface area contributed by atoms with Gasteiger partial charge in [0.15, 0.2) is 0 Å². The molecule has 1 aliphatic heterocycles. The number of rotatable bonds is 10. The van der Waals surface area contributed by atoms with Crippen LogP contribution in [-0.2, 0) is 14.9 Å². The zero-order valence-electron chi connectivity index (χ0n) is 13.5. The van der Waals surface area contributed by atoms with E-state index in [0.717, 1.165) is 32.1 Å². The Balaban J connectivity index is 2.50. The summed E-state index contributed by atoms with van der Waals surface area (Å²) in [5.74, 6) is 0.